The van der Waals surface area contributed by atoms with Gasteiger partial charge in [-0.25, -0.2) is 4.68 Å². The predicted octanol–water partition coefficient (Wildman–Crippen LogP) is 2.60. The van der Waals surface area contributed by atoms with Crippen LogP contribution in [0.25, 0.3) is 0 Å². The van der Waals surface area contributed by atoms with E-state index in [9.17, 15) is 4.79 Å². The number of hydrogen-bond acceptors (Lipinski definition) is 6. The molecule has 0 atom stereocenters. The topological polar surface area (TPSA) is 91.2 Å². The quantitative estimate of drug-likeness (QED) is 0.613. The molecular weight excluding hydrogens is 358 g/mol. The molecule has 146 valence electrons. The molecule has 8 nitrogen and oxygen atoms in total. The number of nitrogens with one attached hydrogen (secondary N) is 1. The van der Waals surface area contributed by atoms with E-state index >= 15 is 0 Å². The number of carbonyl (C=O) groups is 1. The molecule has 1 aromatic heterocycles. The highest BCUT2D eigenvalue weighted by Crippen LogP contribution is 2.15. The van der Waals surface area contributed by atoms with E-state index < -0.39 is 0 Å². The van der Waals surface area contributed by atoms with Gasteiger partial charge in [-0.2, -0.15) is 0 Å². The smallest absolute Gasteiger partial charge is 0.251 e. The standard InChI is InChI=1S/C20H23N5O3/c1-3-25-19(22-23-24-25)14-28-18-11-7-16(8-12-18)20(26)21-13-15-5-9-17(10-6-15)27-4-2/h5-12H,3-4,13-14H2,1-2H3,(H,21,26). The summed E-state index contributed by atoms with van der Waals surface area (Å²) < 4.78 is 12.8. The van der Waals surface area contributed by atoms with Crippen LogP contribution in [0.2, 0.25) is 0 Å². The lowest BCUT2D eigenvalue weighted by Crippen LogP contribution is -2.22. The lowest BCUT2D eigenvalue weighted by molar-refractivity contribution is 0.0951. The highest BCUT2D eigenvalue weighted by molar-refractivity contribution is 5.94. The number of tetrazole rings is 1. The average Bonchev–Trinajstić information content (AvgIpc) is 3.20. The third kappa shape index (κ3) is 5.06. The summed E-state index contributed by atoms with van der Waals surface area (Å²) in [5, 5.41) is 14.3. The molecule has 0 saturated carbocycles. The fourth-order valence-corrected chi connectivity index (χ4v) is 2.58. The Morgan fingerprint density at radius 1 is 1.00 bits per heavy atom. The van der Waals surface area contributed by atoms with Gasteiger partial charge in [0.05, 0.1) is 6.61 Å². The Kier molecular flexibility index (Phi) is 6.56. The number of carbonyl (C=O) groups excluding carboxylic acids is 1. The lowest BCUT2D eigenvalue weighted by Gasteiger charge is -2.09. The second-order valence-corrected chi connectivity index (χ2v) is 5.98. The predicted molar refractivity (Wildman–Crippen MR) is 103 cm³/mol. The Labute approximate surface area is 163 Å². The molecule has 0 spiro atoms. The van der Waals surface area contributed by atoms with Gasteiger partial charge in [-0.3, -0.25) is 4.79 Å². The van der Waals surface area contributed by atoms with Crippen LogP contribution in [-0.2, 0) is 19.7 Å². The molecule has 0 aliphatic carbocycles. The first-order valence-electron chi connectivity index (χ1n) is 9.17. The maximum absolute atomic E-state index is 12.3. The first-order valence-corrected chi connectivity index (χ1v) is 9.17. The van der Waals surface area contributed by atoms with Gasteiger partial charge < -0.3 is 14.8 Å². The summed E-state index contributed by atoms with van der Waals surface area (Å²) in [5.74, 6) is 1.98. The Hall–Kier alpha value is -3.42. The molecule has 0 aliphatic heterocycles. The van der Waals surface area contributed by atoms with Crippen LogP contribution in [0.5, 0.6) is 11.5 Å². The molecule has 0 fully saturated rings. The van der Waals surface area contributed by atoms with Crippen LogP contribution >= 0.6 is 0 Å². The van der Waals surface area contributed by atoms with Crippen LogP contribution in [0, 0.1) is 0 Å². The minimum Gasteiger partial charge on any atom is -0.494 e. The molecule has 3 aromatic rings. The average molecular weight is 381 g/mol. The van der Waals surface area contributed by atoms with Crippen molar-refractivity contribution >= 4 is 5.91 Å². The number of amides is 1. The van der Waals surface area contributed by atoms with E-state index in [1.54, 1.807) is 28.9 Å². The van der Waals surface area contributed by atoms with Gasteiger partial charge in [0.1, 0.15) is 18.1 Å². The Balaban J connectivity index is 1.50. The number of ether oxygens (including phenoxy) is 2. The van der Waals surface area contributed by atoms with E-state index in [-0.39, 0.29) is 12.5 Å². The molecule has 1 N–H and O–H groups in total. The molecule has 1 amide bonds. The van der Waals surface area contributed by atoms with Crippen molar-refractivity contribution in [1.82, 2.24) is 25.5 Å². The monoisotopic (exact) mass is 381 g/mol. The molecule has 28 heavy (non-hydrogen) atoms. The summed E-state index contributed by atoms with van der Waals surface area (Å²) in [4.78, 5) is 12.3. The van der Waals surface area contributed by atoms with E-state index in [0.29, 0.717) is 36.8 Å². The summed E-state index contributed by atoms with van der Waals surface area (Å²) in [6, 6.07) is 14.6. The van der Waals surface area contributed by atoms with Crippen molar-refractivity contribution in [2.45, 2.75) is 33.5 Å². The van der Waals surface area contributed by atoms with Crippen molar-refractivity contribution in [3.8, 4) is 11.5 Å². The number of aromatic nitrogens is 4. The van der Waals surface area contributed by atoms with Crippen LogP contribution in [0.15, 0.2) is 48.5 Å². The van der Waals surface area contributed by atoms with Crippen LogP contribution in [-0.4, -0.2) is 32.7 Å². The van der Waals surface area contributed by atoms with Crippen molar-refractivity contribution in [3.63, 3.8) is 0 Å². The van der Waals surface area contributed by atoms with Gasteiger partial charge in [-0.05, 0) is 66.2 Å². The number of benzene rings is 2. The van der Waals surface area contributed by atoms with E-state index in [1.807, 2.05) is 38.1 Å². The first kappa shape index (κ1) is 19.3. The van der Waals surface area contributed by atoms with Crippen molar-refractivity contribution in [2.24, 2.45) is 0 Å². The minimum atomic E-state index is -0.143. The normalized spacial score (nSPS) is 10.5. The lowest BCUT2D eigenvalue weighted by atomic mass is 10.2. The van der Waals surface area contributed by atoms with Gasteiger partial charge in [0.25, 0.3) is 5.91 Å². The third-order valence-corrected chi connectivity index (χ3v) is 4.08. The maximum Gasteiger partial charge on any atom is 0.251 e. The third-order valence-electron chi connectivity index (χ3n) is 4.08. The molecule has 3 rings (SSSR count). The molecule has 0 saturated heterocycles. The highest BCUT2D eigenvalue weighted by Gasteiger charge is 2.08. The Bertz CT molecular complexity index is 891. The minimum absolute atomic E-state index is 0.143. The number of aryl methyl sites for hydroxylation is 1. The fourth-order valence-electron chi connectivity index (χ4n) is 2.58. The van der Waals surface area contributed by atoms with Crippen LogP contribution in [0.1, 0.15) is 35.6 Å². The second-order valence-electron chi connectivity index (χ2n) is 5.98. The summed E-state index contributed by atoms with van der Waals surface area (Å²) in [7, 11) is 0. The number of hydrogen-bond donors (Lipinski definition) is 1. The summed E-state index contributed by atoms with van der Waals surface area (Å²) in [5.41, 5.74) is 1.57. The molecule has 8 heteroatoms. The summed E-state index contributed by atoms with van der Waals surface area (Å²) in [6.07, 6.45) is 0. The highest BCUT2D eigenvalue weighted by atomic mass is 16.5. The van der Waals surface area contributed by atoms with Gasteiger partial charge in [0.2, 0.25) is 0 Å². The molecule has 2 aromatic carbocycles. The Morgan fingerprint density at radius 2 is 1.68 bits per heavy atom. The van der Waals surface area contributed by atoms with Crippen molar-refractivity contribution in [1.29, 1.82) is 0 Å². The first-order chi connectivity index (χ1) is 13.7. The van der Waals surface area contributed by atoms with Gasteiger partial charge >= 0.3 is 0 Å². The second kappa shape index (κ2) is 9.50. The zero-order valence-corrected chi connectivity index (χ0v) is 16.0. The SMILES string of the molecule is CCOc1ccc(CNC(=O)c2ccc(OCc3nnnn3CC)cc2)cc1. The summed E-state index contributed by atoms with van der Waals surface area (Å²) >= 11 is 0. The van der Waals surface area contributed by atoms with Crippen LogP contribution < -0.4 is 14.8 Å². The fraction of sp³-hybridized carbons (Fsp3) is 0.300. The van der Waals surface area contributed by atoms with E-state index in [4.69, 9.17) is 9.47 Å². The van der Waals surface area contributed by atoms with Crippen LogP contribution in [0.4, 0.5) is 0 Å². The molecule has 0 unspecified atom stereocenters. The van der Waals surface area contributed by atoms with E-state index in [0.717, 1.165) is 11.3 Å². The molecule has 0 bridgehead atoms. The number of rotatable bonds is 9. The maximum atomic E-state index is 12.3. The van der Waals surface area contributed by atoms with E-state index in [2.05, 4.69) is 20.8 Å². The van der Waals surface area contributed by atoms with Gasteiger partial charge in [0, 0.05) is 18.7 Å². The molecule has 1 heterocycles. The number of nitrogens with zero attached hydrogens (tertiary/aromatic N) is 4. The van der Waals surface area contributed by atoms with Crippen molar-refractivity contribution in [3.05, 3.63) is 65.5 Å². The van der Waals surface area contributed by atoms with Crippen LogP contribution in [0.3, 0.4) is 0 Å². The molecular formula is C20H23N5O3. The zero-order chi connectivity index (χ0) is 19.8. The van der Waals surface area contributed by atoms with Gasteiger partial charge in [-0.15, -0.1) is 5.10 Å². The molecule has 0 radical (unpaired) electrons. The zero-order valence-electron chi connectivity index (χ0n) is 16.0. The Morgan fingerprint density at radius 3 is 2.36 bits per heavy atom. The van der Waals surface area contributed by atoms with E-state index in [1.165, 1.54) is 0 Å². The summed E-state index contributed by atoms with van der Waals surface area (Å²) in [6.45, 7) is 5.93. The van der Waals surface area contributed by atoms with Gasteiger partial charge in [-0.1, -0.05) is 12.1 Å². The van der Waals surface area contributed by atoms with Gasteiger partial charge in [0.15, 0.2) is 5.82 Å². The van der Waals surface area contributed by atoms with Crippen molar-refractivity contribution in [2.75, 3.05) is 6.61 Å². The largest absolute Gasteiger partial charge is 0.494 e. The molecule has 0 aliphatic rings. The van der Waals surface area contributed by atoms with Crippen molar-refractivity contribution < 1.29 is 14.3 Å².